The first-order valence-electron chi connectivity index (χ1n) is 10.3. The summed E-state index contributed by atoms with van der Waals surface area (Å²) in [7, 11) is 0. The molecule has 0 amide bonds. The van der Waals surface area contributed by atoms with Crippen LogP contribution in [0.4, 0.5) is 0 Å². The van der Waals surface area contributed by atoms with E-state index in [4.69, 9.17) is 0 Å². The average Bonchev–Trinajstić information content (AvgIpc) is 2.91. The Kier molecular flexibility index (Phi) is 3.35. The summed E-state index contributed by atoms with van der Waals surface area (Å²) in [4.78, 5) is 0. The van der Waals surface area contributed by atoms with Gasteiger partial charge in [0.2, 0.25) is 0 Å². The minimum atomic E-state index is 0.290. The highest BCUT2D eigenvalue weighted by Gasteiger charge is 2.65. The molecule has 1 aromatic carbocycles. The lowest BCUT2D eigenvalue weighted by Gasteiger charge is -2.69. The highest BCUT2D eigenvalue weighted by molar-refractivity contribution is 5.52. The van der Waals surface area contributed by atoms with Crippen LogP contribution in [-0.4, -0.2) is 0 Å². The molecule has 3 atom stereocenters. The molecule has 3 aliphatic carbocycles. The number of benzene rings is 1. The van der Waals surface area contributed by atoms with Gasteiger partial charge in [-0.3, -0.25) is 0 Å². The molecule has 1 aromatic rings. The van der Waals surface area contributed by atoms with Gasteiger partial charge in [-0.25, -0.2) is 0 Å². The van der Waals surface area contributed by atoms with Gasteiger partial charge in [0.1, 0.15) is 0 Å². The Morgan fingerprint density at radius 1 is 0.880 bits per heavy atom. The average molecular weight is 337 g/mol. The Morgan fingerprint density at radius 3 is 2.20 bits per heavy atom. The molecule has 4 rings (SSSR count). The molecule has 3 unspecified atom stereocenters. The molecule has 0 saturated heterocycles. The Balaban J connectivity index is 1.98. The summed E-state index contributed by atoms with van der Waals surface area (Å²) in [6.07, 6.45) is 3.86. The van der Waals surface area contributed by atoms with Crippen LogP contribution in [0.25, 0.3) is 0 Å². The standard InChI is InChI=1S/C25H36/c1-16-21-20-15-17-11-9-10-12-18(17)19(20)13-14-25(21,8)24(6,7)23(4,5)22(16,2)3/h9-12,16,19H,13-15H2,1-8H3. The van der Waals surface area contributed by atoms with Crippen LogP contribution in [0.2, 0.25) is 0 Å². The van der Waals surface area contributed by atoms with E-state index in [0.29, 0.717) is 28.1 Å². The number of allylic oxidation sites excluding steroid dienone is 2. The van der Waals surface area contributed by atoms with E-state index < -0.39 is 0 Å². The van der Waals surface area contributed by atoms with E-state index >= 15 is 0 Å². The topological polar surface area (TPSA) is 0 Å². The van der Waals surface area contributed by atoms with Crippen molar-refractivity contribution in [1.82, 2.24) is 0 Å². The van der Waals surface area contributed by atoms with Crippen molar-refractivity contribution in [3.8, 4) is 0 Å². The number of hydrogen-bond acceptors (Lipinski definition) is 0. The highest BCUT2D eigenvalue weighted by Crippen LogP contribution is 2.74. The lowest BCUT2D eigenvalue weighted by atomic mass is 9.35. The second-order valence-electron chi connectivity index (χ2n) is 10.9. The van der Waals surface area contributed by atoms with Crippen LogP contribution >= 0.6 is 0 Å². The molecule has 0 N–H and O–H groups in total. The molecule has 25 heavy (non-hydrogen) atoms. The van der Waals surface area contributed by atoms with Crippen LogP contribution in [0, 0.1) is 27.6 Å². The molecule has 3 aliphatic rings. The summed E-state index contributed by atoms with van der Waals surface area (Å²) >= 11 is 0. The molecule has 0 nitrogen and oxygen atoms in total. The van der Waals surface area contributed by atoms with Gasteiger partial charge in [0, 0.05) is 5.92 Å². The first-order chi connectivity index (χ1) is 11.5. The van der Waals surface area contributed by atoms with Gasteiger partial charge in [-0.2, -0.15) is 0 Å². The summed E-state index contributed by atoms with van der Waals surface area (Å²) in [5.74, 6) is 1.34. The largest absolute Gasteiger partial charge is 0.0620 e. The molecule has 1 fully saturated rings. The zero-order chi connectivity index (χ0) is 18.4. The maximum Gasteiger partial charge on any atom is 0.00576 e. The van der Waals surface area contributed by atoms with E-state index in [0.717, 1.165) is 0 Å². The van der Waals surface area contributed by atoms with Gasteiger partial charge < -0.3 is 0 Å². The van der Waals surface area contributed by atoms with Gasteiger partial charge in [0.25, 0.3) is 0 Å². The van der Waals surface area contributed by atoms with Crippen LogP contribution < -0.4 is 0 Å². The Labute approximate surface area is 155 Å². The summed E-state index contributed by atoms with van der Waals surface area (Å²) in [5.41, 5.74) is 8.04. The predicted octanol–water partition coefficient (Wildman–Crippen LogP) is 7.15. The van der Waals surface area contributed by atoms with Crippen molar-refractivity contribution in [3.05, 3.63) is 46.5 Å². The molecule has 0 heteroatoms. The van der Waals surface area contributed by atoms with Crippen molar-refractivity contribution in [2.45, 2.75) is 80.6 Å². The minimum Gasteiger partial charge on any atom is -0.0620 e. The van der Waals surface area contributed by atoms with Gasteiger partial charge in [-0.1, -0.05) is 90.8 Å². The fourth-order valence-electron chi connectivity index (χ4n) is 6.89. The van der Waals surface area contributed by atoms with Crippen molar-refractivity contribution >= 4 is 0 Å². The summed E-state index contributed by atoms with van der Waals surface area (Å²) < 4.78 is 0. The maximum absolute atomic E-state index is 2.60. The number of hydrogen-bond donors (Lipinski definition) is 0. The maximum atomic E-state index is 2.60. The van der Waals surface area contributed by atoms with Crippen molar-refractivity contribution in [1.29, 1.82) is 0 Å². The third-order valence-corrected chi connectivity index (χ3v) is 10.2. The molecular weight excluding hydrogens is 300 g/mol. The van der Waals surface area contributed by atoms with E-state index in [1.807, 2.05) is 5.57 Å². The molecule has 0 aliphatic heterocycles. The lowest BCUT2D eigenvalue weighted by Crippen LogP contribution is -2.62. The minimum absolute atomic E-state index is 0.290. The summed E-state index contributed by atoms with van der Waals surface area (Å²) in [6, 6.07) is 9.22. The van der Waals surface area contributed by atoms with E-state index in [1.165, 1.54) is 19.3 Å². The Hall–Kier alpha value is -1.04. The van der Waals surface area contributed by atoms with Gasteiger partial charge in [0.05, 0.1) is 0 Å². The van der Waals surface area contributed by atoms with Crippen molar-refractivity contribution in [2.75, 3.05) is 0 Å². The van der Waals surface area contributed by atoms with E-state index in [1.54, 1.807) is 16.7 Å². The second-order valence-corrected chi connectivity index (χ2v) is 10.9. The van der Waals surface area contributed by atoms with Crippen LogP contribution in [0.5, 0.6) is 0 Å². The number of rotatable bonds is 0. The van der Waals surface area contributed by atoms with Gasteiger partial charge in [-0.15, -0.1) is 0 Å². The zero-order valence-corrected chi connectivity index (χ0v) is 17.6. The first-order valence-corrected chi connectivity index (χ1v) is 10.3. The van der Waals surface area contributed by atoms with Crippen molar-refractivity contribution < 1.29 is 0 Å². The van der Waals surface area contributed by atoms with Crippen LogP contribution in [0.1, 0.15) is 85.3 Å². The first kappa shape index (κ1) is 17.4. The summed E-state index contributed by atoms with van der Waals surface area (Å²) in [5, 5.41) is 0. The van der Waals surface area contributed by atoms with Crippen LogP contribution in [0.15, 0.2) is 35.4 Å². The fraction of sp³-hybridized carbons (Fsp3) is 0.680. The van der Waals surface area contributed by atoms with E-state index in [2.05, 4.69) is 79.7 Å². The third kappa shape index (κ3) is 1.80. The molecule has 0 aromatic heterocycles. The molecule has 136 valence electrons. The number of fused-ring (bicyclic) bond motifs is 4. The third-order valence-electron chi connectivity index (χ3n) is 10.2. The quantitative estimate of drug-likeness (QED) is 0.441. The van der Waals surface area contributed by atoms with Crippen LogP contribution in [-0.2, 0) is 6.42 Å². The SMILES string of the molecule is CC1C2=C3Cc4ccccc4C3CCC2(C)C(C)(C)C(C)(C)C1(C)C. The molecule has 0 radical (unpaired) electrons. The molecule has 0 bridgehead atoms. The van der Waals surface area contributed by atoms with E-state index in [9.17, 15) is 0 Å². The summed E-state index contributed by atoms with van der Waals surface area (Å²) in [6.45, 7) is 20.4. The molecule has 0 heterocycles. The Bertz CT molecular complexity index is 758. The van der Waals surface area contributed by atoms with Gasteiger partial charge >= 0.3 is 0 Å². The van der Waals surface area contributed by atoms with E-state index in [-0.39, 0.29) is 5.41 Å². The fourth-order valence-corrected chi connectivity index (χ4v) is 6.89. The lowest BCUT2D eigenvalue weighted by molar-refractivity contribution is -0.149. The molecular formula is C25H36. The van der Waals surface area contributed by atoms with Crippen molar-refractivity contribution in [2.24, 2.45) is 27.6 Å². The second kappa shape index (κ2) is 4.81. The monoisotopic (exact) mass is 336 g/mol. The highest BCUT2D eigenvalue weighted by atomic mass is 14.7. The van der Waals surface area contributed by atoms with Crippen LogP contribution in [0.3, 0.4) is 0 Å². The van der Waals surface area contributed by atoms with Crippen molar-refractivity contribution in [3.63, 3.8) is 0 Å². The molecule has 0 spiro atoms. The zero-order valence-electron chi connectivity index (χ0n) is 17.6. The normalized spacial score (nSPS) is 37.3. The molecule has 1 saturated carbocycles. The Morgan fingerprint density at radius 2 is 1.52 bits per heavy atom. The van der Waals surface area contributed by atoms with Gasteiger partial charge in [-0.05, 0) is 58.0 Å². The predicted molar refractivity (Wildman–Crippen MR) is 108 cm³/mol. The smallest absolute Gasteiger partial charge is 0.00576 e. The van der Waals surface area contributed by atoms with Gasteiger partial charge in [0.15, 0.2) is 0 Å².